The molecule has 8 heteroatoms. The number of hydrogen-bond acceptors (Lipinski definition) is 7. The number of allylic oxidation sites excluding steroid dienone is 1. The van der Waals surface area contributed by atoms with E-state index in [1.165, 1.54) is 35.5 Å². The van der Waals surface area contributed by atoms with Crippen LogP contribution in [0.25, 0.3) is 0 Å². The van der Waals surface area contributed by atoms with Crippen LogP contribution in [0.3, 0.4) is 0 Å². The summed E-state index contributed by atoms with van der Waals surface area (Å²) >= 11 is 6.30. The van der Waals surface area contributed by atoms with E-state index in [1.807, 2.05) is 13.8 Å². The number of ether oxygens (including phenoxy) is 2. The molecule has 0 saturated heterocycles. The van der Waals surface area contributed by atoms with E-state index in [1.54, 1.807) is 24.3 Å². The Bertz CT molecular complexity index is 878. The molecule has 2 aromatic rings. The lowest BCUT2D eigenvalue weighted by Crippen LogP contribution is -2.52. The highest BCUT2D eigenvalue weighted by Crippen LogP contribution is 2.30. The number of benzene rings is 2. The highest BCUT2D eigenvalue weighted by molar-refractivity contribution is 6.31. The van der Waals surface area contributed by atoms with Crippen molar-refractivity contribution in [1.82, 2.24) is 5.01 Å². The molecule has 0 amide bonds. The molecule has 28 heavy (non-hydrogen) atoms. The third kappa shape index (κ3) is 4.49. The smallest absolute Gasteiger partial charge is 0.183 e. The van der Waals surface area contributed by atoms with Gasteiger partial charge in [0.2, 0.25) is 0 Å². The molecule has 2 aromatic carbocycles. The molecule has 1 heterocycles. The fourth-order valence-electron chi connectivity index (χ4n) is 2.55. The first-order valence-corrected chi connectivity index (χ1v) is 8.94. The molecule has 3 rings (SSSR count). The lowest BCUT2D eigenvalue weighted by Gasteiger charge is -2.40. The Morgan fingerprint density at radius 2 is 1.54 bits per heavy atom. The van der Waals surface area contributed by atoms with Gasteiger partial charge in [-0.25, -0.2) is 0 Å². The Kier molecular flexibility index (Phi) is 5.67. The molecular weight excluding hydrogens is 384 g/mol. The molecule has 148 valence electrons. The predicted molar refractivity (Wildman–Crippen MR) is 106 cm³/mol. The summed E-state index contributed by atoms with van der Waals surface area (Å²) in [7, 11) is 0. The zero-order chi connectivity index (χ0) is 20.3. The Morgan fingerprint density at radius 1 is 1.00 bits per heavy atom. The lowest BCUT2D eigenvalue weighted by molar-refractivity contribution is -0.0488. The van der Waals surface area contributed by atoms with E-state index in [0.29, 0.717) is 11.5 Å². The second-order valence-corrected chi connectivity index (χ2v) is 7.27. The lowest BCUT2D eigenvalue weighted by atomic mass is 10.1. The average Bonchev–Trinajstić information content (AvgIpc) is 2.66. The van der Waals surface area contributed by atoms with Crippen molar-refractivity contribution < 1.29 is 24.8 Å². The first-order chi connectivity index (χ1) is 13.3. The SMILES string of the molecule is CC(C)(COc1ccc(O)cc1)N1N=CC(Oc2ccc(O)cc2)=C(Cl)C1O. The number of rotatable bonds is 6. The van der Waals surface area contributed by atoms with Crippen LogP contribution in [-0.2, 0) is 0 Å². The molecule has 0 aliphatic carbocycles. The summed E-state index contributed by atoms with van der Waals surface area (Å²) in [6.45, 7) is 3.92. The Hall–Kier alpha value is -2.90. The minimum absolute atomic E-state index is 0.0841. The van der Waals surface area contributed by atoms with E-state index in [9.17, 15) is 15.3 Å². The van der Waals surface area contributed by atoms with Gasteiger partial charge in [-0.3, -0.25) is 5.01 Å². The van der Waals surface area contributed by atoms with Gasteiger partial charge < -0.3 is 24.8 Å². The molecule has 0 saturated carbocycles. The second-order valence-electron chi connectivity index (χ2n) is 6.87. The summed E-state index contributed by atoms with van der Waals surface area (Å²) in [6.07, 6.45) is 0.210. The van der Waals surface area contributed by atoms with E-state index >= 15 is 0 Å². The van der Waals surface area contributed by atoms with E-state index in [2.05, 4.69) is 5.10 Å². The van der Waals surface area contributed by atoms with Crippen molar-refractivity contribution in [3.8, 4) is 23.0 Å². The minimum Gasteiger partial charge on any atom is -0.508 e. The highest BCUT2D eigenvalue weighted by Gasteiger charge is 2.36. The van der Waals surface area contributed by atoms with Gasteiger partial charge in [-0.15, -0.1) is 0 Å². The molecule has 1 atom stereocenters. The van der Waals surface area contributed by atoms with Crippen LogP contribution in [0.4, 0.5) is 0 Å². The number of nitrogens with zero attached hydrogens (tertiary/aromatic N) is 2. The maximum absolute atomic E-state index is 10.6. The van der Waals surface area contributed by atoms with Gasteiger partial charge in [-0.1, -0.05) is 11.6 Å². The number of phenols is 2. The molecule has 1 aliphatic heterocycles. The van der Waals surface area contributed by atoms with E-state index in [0.717, 1.165) is 0 Å². The monoisotopic (exact) mass is 404 g/mol. The Morgan fingerprint density at radius 3 is 2.11 bits per heavy atom. The van der Waals surface area contributed by atoms with Gasteiger partial charge in [0.25, 0.3) is 0 Å². The van der Waals surface area contributed by atoms with Crippen molar-refractivity contribution in [2.45, 2.75) is 25.6 Å². The summed E-state index contributed by atoms with van der Waals surface area (Å²) in [5.74, 6) is 1.52. The standard InChI is InChI=1S/C20H21ClN2O5/c1-20(2,12-27-15-7-3-13(24)4-8-15)23-19(26)18(21)17(11-22-23)28-16-9-5-14(25)6-10-16/h3-11,19,24-26H,12H2,1-2H3. The zero-order valence-electron chi connectivity index (χ0n) is 15.4. The van der Waals surface area contributed by atoms with Crippen molar-refractivity contribution in [2.24, 2.45) is 5.10 Å². The second kappa shape index (κ2) is 8.00. The number of halogens is 1. The van der Waals surface area contributed by atoms with Crippen LogP contribution in [0.1, 0.15) is 13.8 Å². The normalized spacial score (nSPS) is 17.0. The van der Waals surface area contributed by atoms with Crippen molar-refractivity contribution in [3.63, 3.8) is 0 Å². The van der Waals surface area contributed by atoms with Crippen LogP contribution in [0.2, 0.25) is 0 Å². The number of aliphatic hydroxyl groups is 1. The molecule has 0 radical (unpaired) electrons. The number of hydrazone groups is 1. The fraction of sp³-hybridized carbons (Fsp3) is 0.250. The summed E-state index contributed by atoms with van der Waals surface area (Å²) in [5.41, 5.74) is -0.696. The highest BCUT2D eigenvalue weighted by atomic mass is 35.5. The quantitative estimate of drug-likeness (QED) is 0.683. The van der Waals surface area contributed by atoms with Crippen LogP contribution < -0.4 is 9.47 Å². The number of aromatic hydroxyl groups is 2. The number of phenolic OH excluding ortho intramolecular Hbond substituents is 2. The first kappa shape index (κ1) is 19.9. The summed E-state index contributed by atoms with van der Waals surface area (Å²) in [4.78, 5) is 0. The summed E-state index contributed by atoms with van der Waals surface area (Å²) in [6, 6.07) is 12.5. The van der Waals surface area contributed by atoms with Crippen molar-refractivity contribution in [1.29, 1.82) is 0 Å². The van der Waals surface area contributed by atoms with E-state index in [-0.39, 0.29) is 28.9 Å². The van der Waals surface area contributed by atoms with Gasteiger partial charge >= 0.3 is 0 Å². The molecule has 1 aliphatic rings. The van der Waals surface area contributed by atoms with E-state index in [4.69, 9.17) is 21.1 Å². The molecule has 1 unspecified atom stereocenters. The maximum atomic E-state index is 10.6. The molecule has 0 fully saturated rings. The van der Waals surface area contributed by atoms with Gasteiger partial charge in [0.1, 0.15) is 34.6 Å². The van der Waals surface area contributed by atoms with E-state index < -0.39 is 11.8 Å². The van der Waals surface area contributed by atoms with Crippen LogP contribution in [0.5, 0.6) is 23.0 Å². The summed E-state index contributed by atoms with van der Waals surface area (Å²) < 4.78 is 11.4. The predicted octanol–water partition coefficient (Wildman–Crippen LogP) is 3.40. The summed E-state index contributed by atoms with van der Waals surface area (Å²) in [5, 5.41) is 35.1. The third-order valence-electron chi connectivity index (χ3n) is 4.11. The number of hydrogen-bond donors (Lipinski definition) is 3. The van der Waals surface area contributed by atoms with Crippen LogP contribution in [0.15, 0.2) is 64.4 Å². The van der Waals surface area contributed by atoms with Crippen molar-refractivity contribution in [2.75, 3.05) is 6.61 Å². The van der Waals surface area contributed by atoms with Crippen LogP contribution >= 0.6 is 11.6 Å². The average molecular weight is 405 g/mol. The fourth-order valence-corrected chi connectivity index (χ4v) is 2.73. The van der Waals surface area contributed by atoms with Crippen molar-refractivity contribution >= 4 is 17.8 Å². The third-order valence-corrected chi connectivity index (χ3v) is 4.49. The van der Waals surface area contributed by atoms with Gasteiger partial charge in [0.05, 0.1) is 11.8 Å². The van der Waals surface area contributed by atoms with Crippen molar-refractivity contribution in [3.05, 3.63) is 59.3 Å². The number of aliphatic hydroxyl groups excluding tert-OH is 1. The molecule has 0 spiro atoms. The zero-order valence-corrected chi connectivity index (χ0v) is 16.2. The topological polar surface area (TPSA) is 94.8 Å². The molecular formula is C20H21ClN2O5. The maximum Gasteiger partial charge on any atom is 0.183 e. The minimum atomic E-state index is -1.21. The Balaban J connectivity index is 1.68. The van der Waals surface area contributed by atoms with Gasteiger partial charge in [-0.2, -0.15) is 5.10 Å². The largest absolute Gasteiger partial charge is 0.508 e. The first-order valence-electron chi connectivity index (χ1n) is 8.56. The van der Waals surface area contributed by atoms with Gasteiger partial charge in [0, 0.05) is 0 Å². The molecule has 0 aromatic heterocycles. The molecule has 0 bridgehead atoms. The Labute approximate surface area is 167 Å². The van der Waals surface area contributed by atoms with Crippen LogP contribution in [-0.4, -0.2) is 44.9 Å². The molecule has 7 nitrogen and oxygen atoms in total. The molecule has 3 N–H and O–H groups in total. The van der Waals surface area contributed by atoms with Gasteiger partial charge in [-0.05, 0) is 62.4 Å². The van der Waals surface area contributed by atoms with Crippen LogP contribution in [0, 0.1) is 0 Å². The van der Waals surface area contributed by atoms with Gasteiger partial charge in [0.15, 0.2) is 12.0 Å².